The third-order valence-electron chi connectivity index (χ3n) is 5.67. The summed E-state index contributed by atoms with van der Waals surface area (Å²) in [7, 11) is -3.42. The van der Waals surface area contributed by atoms with Gasteiger partial charge < -0.3 is 4.74 Å². The summed E-state index contributed by atoms with van der Waals surface area (Å²) >= 11 is 0. The summed E-state index contributed by atoms with van der Waals surface area (Å²) < 4.78 is 33.8. The van der Waals surface area contributed by atoms with E-state index >= 15 is 0 Å². The quantitative estimate of drug-likeness (QED) is 0.848. The van der Waals surface area contributed by atoms with Crippen LogP contribution in [0.15, 0.2) is 35.2 Å². The van der Waals surface area contributed by atoms with E-state index in [0.29, 0.717) is 28.8 Å². The van der Waals surface area contributed by atoms with Crippen LogP contribution < -0.4 is 4.72 Å². The molecule has 3 aliphatic carbocycles. The van der Waals surface area contributed by atoms with Crippen molar-refractivity contribution < 1.29 is 13.2 Å². The molecular weight excluding hydrogens is 298 g/mol. The Hall–Kier alpha value is -0.910. The van der Waals surface area contributed by atoms with Crippen LogP contribution in [0.4, 0.5) is 0 Å². The van der Waals surface area contributed by atoms with Crippen molar-refractivity contribution in [1.82, 2.24) is 4.72 Å². The first kappa shape index (κ1) is 14.7. The minimum absolute atomic E-state index is 0.0851. The fourth-order valence-corrected chi connectivity index (χ4v) is 5.83. The lowest BCUT2D eigenvalue weighted by atomic mass is 9.61. The van der Waals surface area contributed by atoms with Crippen molar-refractivity contribution in [3.05, 3.63) is 30.3 Å². The first-order valence-electron chi connectivity index (χ1n) is 8.32. The highest BCUT2D eigenvalue weighted by Gasteiger charge is 2.47. The fraction of sp³-hybridized carbons (Fsp3) is 0.647. The van der Waals surface area contributed by atoms with E-state index in [1.54, 1.807) is 24.3 Å². The number of rotatable bonds is 5. The minimum Gasteiger partial charge on any atom is -0.373 e. The van der Waals surface area contributed by atoms with Gasteiger partial charge in [-0.2, -0.15) is 0 Å². The number of sulfonamides is 1. The lowest BCUT2D eigenvalue weighted by Crippen LogP contribution is -2.53. The van der Waals surface area contributed by atoms with Gasteiger partial charge in [0.05, 0.1) is 17.6 Å². The molecule has 5 heteroatoms. The molecule has 3 saturated carbocycles. The molecule has 22 heavy (non-hydrogen) atoms. The van der Waals surface area contributed by atoms with Crippen LogP contribution in [0.25, 0.3) is 0 Å². The van der Waals surface area contributed by atoms with Crippen LogP contribution in [-0.2, 0) is 14.8 Å². The van der Waals surface area contributed by atoms with E-state index in [1.165, 1.54) is 12.8 Å². The molecule has 0 radical (unpaired) electrons. The Morgan fingerprint density at radius 3 is 2.32 bits per heavy atom. The van der Waals surface area contributed by atoms with E-state index in [2.05, 4.69) is 4.72 Å². The Labute approximate surface area is 132 Å². The molecule has 2 bridgehead atoms. The van der Waals surface area contributed by atoms with E-state index in [4.69, 9.17) is 4.74 Å². The topological polar surface area (TPSA) is 58.7 Å². The summed E-state index contributed by atoms with van der Waals surface area (Å²) in [5.41, 5.74) is 0. The van der Waals surface area contributed by atoms with Crippen molar-refractivity contribution >= 4 is 10.0 Å². The predicted octanol–water partition coefficient (Wildman–Crippen LogP) is 2.56. The third-order valence-corrected chi connectivity index (χ3v) is 7.15. The predicted molar refractivity (Wildman–Crippen MR) is 83.8 cm³/mol. The molecule has 0 amide bonds. The van der Waals surface area contributed by atoms with Crippen molar-refractivity contribution in [3.8, 4) is 0 Å². The number of epoxide rings is 1. The van der Waals surface area contributed by atoms with Crippen molar-refractivity contribution in [3.63, 3.8) is 0 Å². The summed E-state index contributed by atoms with van der Waals surface area (Å²) in [6, 6.07) is 8.82. The maximum absolute atomic E-state index is 12.7. The smallest absolute Gasteiger partial charge is 0.240 e. The summed E-state index contributed by atoms with van der Waals surface area (Å²) in [6.07, 6.45) is 6.22. The largest absolute Gasteiger partial charge is 0.373 e. The average molecular weight is 321 g/mol. The standard InChI is InChI=1S/C17H23NO3S/c19-22(20,15-4-2-1-3-5-15)18-17-13-8-6-12(7-9-13)16(17)10-14-11-21-14/h1-5,12-14,16-18H,6-11H2/t12?,13?,14?,16-,17-/m0/s1. The highest BCUT2D eigenvalue weighted by atomic mass is 32.2. The highest BCUT2D eigenvalue weighted by Crippen LogP contribution is 2.48. The van der Waals surface area contributed by atoms with Crippen molar-refractivity contribution in [2.45, 2.75) is 49.1 Å². The Bertz CT molecular complexity index is 619. The first-order chi connectivity index (χ1) is 10.6. The van der Waals surface area contributed by atoms with Gasteiger partial charge in [0.1, 0.15) is 0 Å². The van der Waals surface area contributed by atoms with Gasteiger partial charge in [0.2, 0.25) is 10.0 Å². The molecular formula is C17H23NO3S. The molecule has 1 aliphatic heterocycles. The maximum atomic E-state index is 12.7. The van der Waals surface area contributed by atoms with Crippen LogP contribution in [0.3, 0.4) is 0 Å². The molecule has 1 unspecified atom stereocenters. The van der Waals surface area contributed by atoms with Crippen LogP contribution in [-0.4, -0.2) is 27.2 Å². The number of hydrogen-bond acceptors (Lipinski definition) is 3. The van der Waals surface area contributed by atoms with Crippen LogP contribution >= 0.6 is 0 Å². The molecule has 3 atom stereocenters. The molecule has 1 heterocycles. The van der Waals surface area contributed by atoms with E-state index in [1.807, 2.05) is 6.07 Å². The number of ether oxygens (including phenoxy) is 1. The van der Waals surface area contributed by atoms with Gasteiger partial charge in [0.25, 0.3) is 0 Å². The van der Waals surface area contributed by atoms with Crippen LogP contribution in [0.5, 0.6) is 0 Å². The van der Waals surface area contributed by atoms with Gasteiger partial charge in [0, 0.05) is 6.04 Å². The second kappa shape index (κ2) is 5.62. The van der Waals surface area contributed by atoms with Gasteiger partial charge in [0.15, 0.2) is 0 Å². The molecule has 4 fully saturated rings. The Morgan fingerprint density at radius 1 is 1.05 bits per heavy atom. The second-order valence-electron chi connectivity index (χ2n) is 6.99. The molecule has 5 rings (SSSR count). The molecule has 4 aliphatic rings. The molecule has 0 aromatic heterocycles. The van der Waals surface area contributed by atoms with Crippen molar-refractivity contribution in [1.29, 1.82) is 0 Å². The van der Waals surface area contributed by atoms with Crippen molar-refractivity contribution in [2.75, 3.05) is 6.61 Å². The number of benzene rings is 1. The van der Waals surface area contributed by atoms with Crippen molar-refractivity contribution in [2.24, 2.45) is 17.8 Å². The number of hydrogen-bond donors (Lipinski definition) is 1. The third kappa shape index (κ3) is 2.82. The molecule has 1 N–H and O–H groups in total. The van der Waals surface area contributed by atoms with Gasteiger partial charge in [-0.25, -0.2) is 13.1 Å². The summed E-state index contributed by atoms with van der Waals surface area (Å²) in [5, 5.41) is 0. The molecule has 4 nitrogen and oxygen atoms in total. The molecule has 120 valence electrons. The zero-order valence-corrected chi connectivity index (χ0v) is 13.5. The SMILES string of the molecule is O=S(=O)(N[C@H]1C2CCC(CC2)[C@@H]1CC1CO1)c1ccccc1. The van der Waals surface area contributed by atoms with E-state index in [-0.39, 0.29) is 6.04 Å². The summed E-state index contributed by atoms with van der Waals surface area (Å²) in [6.45, 7) is 0.853. The minimum atomic E-state index is -3.42. The fourth-order valence-electron chi connectivity index (χ4n) is 4.45. The van der Waals surface area contributed by atoms with E-state index in [0.717, 1.165) is 25.9 Å². The Balaban J connectivity index is 1.56. The lowest BCUT2D eigenvalue weighted by Gasteiger charge is -2.48. The lowest BCUT2D eigenvalue weighted by molar-refractivity contribution is 0.0524. The molecule has 0 spiro atoms. The highest BCUT2D eigenvalue weighted by molar-refractivity contribution is 7.89. The van der Waals surface area contributed by atoms with E-state index < -0.39 is 10.0 Å². The summed E-state index contributed by atoms with van der Waals surface area (Å²) in [5.74, 6) is 1.60. The van der Waals surface area contributed by atoms with Crippen LogP contribution in [0.2, 0.25) is 0 Å². The Kier molecular flexibility index (Phi) is 3.75. The zero-order valence-electron chi connectivity index (χ0n) is 12.6. The van der Waals surface area contributed by atoms with Gasteiger partial charge in [-0.3, -0.25) is 0 Å². The first-order valence-corrected chi connectivity index (χ1v) is 9.81. The van der Waals surface area contributed by atoms with Gasteiger partial charge >= 0.3 is 0 Å². The Morgan fingerprint density at radius 2 is 1.68 bits per heavy atom. The number of nitrogens with one attached hydrogen (secondary N) is 1. The monoisotopic (exact) mass is 321 g/mol. The van der Waals surface area contributed by atoms with Crippen LogP contribution in [0, 0.1) is 17.8 Å². The van der Waals surface area contributed by atoms with E-state index in [9.17, 15) is 8.42 Å². The molecule has 1 aromatic rings. The van der Waals surface area contributed by atoms with Crippen LogP contribution in [0.1, 0.15) is 32.1 Å². The maximum Gasteiger partial charge on any atom is 0.240 e. The van der Waals surface area contributed by atoms with Gasteiger partial charge in [-0.05, 0) is 62.0 Å². The zero-order chi connectivity index (χ0) is 15.2. The molecule has 1 saturated heterocycles. The second-order valence-corrected chi connectivity index (χ2v) is 8.70. The summed E-state index contributed by atoms with van der Waals surface area (Å²) in [4.78, 5) is 0.373. The number of fused-ring (bicyclic) bond motifs is 3. The molecule has 1 aromatic carbocycles. The van der Waals surface area contributed by atoms with Gasteiger partial charge in [-0.15, -0.1) is 0 Å². The average Bonchev–Trinajstić information content (AvgIpc) is 3.35. The van der Waals surface area contributed by atoms with Gasteiger partial charge in [-0.1, -0.05) is 18.2 Å². The normalized spacial score (nSPS) is 37.2.